The number of carboxylic acids is 1. The number of hydrogen-bond donors (Lipinski definition) is 1. The van der Waals surface area contributed by atoms with Crippen molar-refractivity contribution in [2.75, 3.05) is 0 Å². The van der Waals surface area contributed by atoms with Crippen molar-refractivity contribution in [1.82, 2.24) is 9.55 Å². The highest BCUT2D eigenvalue weighted by atomic mass is 16.6. The van der Waals surface area contributed by atoms with E-state index in [0.29, 0.717) is 37.8 Å². The highest BCUT2D eigenvalue weighted by Gasteiger charge is 2.18. The molecule has 0 bridgehead atoms. The lowest BCUT2D eigenvalue weighted by molar-refractivity contribution is -0.523. The number of carbonyl (C=O) groups is 1. The van der Waals surface area contributed by atoms with Gasteiger partial charge in [-0.1, -0.05) is 39.2 Å². The van der Waals surface area contributed by atoms with Gasteiger partial charge in [-0.2, -0.15) is 0 Å². The van der Waals surface area contributed by atoms with Crippen LogP contribution in [-0.2, 0) is 11.3 Å². The number of carboxylic acid groups (broad SMARTS) is 1. The first kappa shape index (κ1) is 21.9. The molecule has 7 heteroatoms. The van der Waals surface area contributed by atoms with E-state index < -0.39 is 12.0 Å². The van der Waals surface area contributed by atoms with Crippen molar-refractivity contribution in [3.63, 3.8) is 0 Å². The third kappa shape index (κ3) is 8.27. The minimum Gasteiger partial charge on any atom is -0.478 e. The number of rotatable bonds is 14. The van der Waals surface area contributed by atoms with Crippen LogP contribution in [0.3, 0.4) is 0 Å². The van der Waals surface area contributed by atoms with Gasteiger partial charge in [0.1, 0.15) is 0 Å². The Morgan fingerprint density at radius 1 is 1.31 bits per heavy atom. The van der Waals surface area contributed by atoms with Gasteiger partial charge in [-0.15, -0.1) is 0 Å². The van der Waals surface area contributed by atoms with Crippen LogP contribution in [0.2, 0.25) is 0 Å². The molecule has 0 fully saturated rings. The summed E-state index contributed by atoms with van der Waals surface area (Å²) in [5, 5.41) is 20.4. The zero-order valence-electron chi connectivity index (χ0n) is 15.8. The fourth-order valence-electron chi connectivity index (χ4n) is 3.08. The maximum atomic E-state index is 11.6. The largest absolute Gasteiger partial charge is 0.478 e. The fraction of sp³-hybridized carbons (Fsp3) is 0.684. The van der Waals surface area contributed by atoms with E-state index in [4.69, 9.17) is 0 Å². The quantitative estimate of drug-likeness (QED) is 0.229. The van der Waals surface area contributed by atoms with Crippen LogP contribution < -0.4 is 0 Å². The summed E-state index contributed by atoms with van der Waals surface area (Å²) in [4.78, 5) is 26.3. The van der Waals surface area contributed by atoms with E-state index in [9.17, 15) is 20.0 Å². The van der Waals surface area contributed by atoms with Gasteiger partial charge in [0.05, 0.1) is 6.33 Å². The van der Waals surface area contributed by atoms with Gasteiger partial charge in [-0.05, 0) is 25.2 Å². The number of nitro groups is 1. The molecule has 0 saturated carbocycles. The molecular weight excluding hydrogens is 334 g/mol. The summed E-state index contributed by atoms with van der Waals surface area (Å²) in [5.41, 5.74) is 0.366. The van der Waals surface area contributed by atoms with Crippen LogP contribution >= 0.6 is 0 Å². The standard InChI is InChI=1S/C19H31N3O4/c1-3-5-6-8-16(14-21-12-11-20-15-21)13-17(19(23)24)9-7-10-18(4-2)22(25)26/h11-13,15-16,18H,3-10,14H2,1-2H3,(H,23,24)/b17-13+. The summed E-state index contributed by atoms with van der Waals surface area (Å²) in [6.07, 6.45) is 13.2. The SMILES string of the molecule is CCCCCC(/C=C(\CCCC(CC)[N+](=O)[O-])C(=O)O)Cn1ccnc1. The molecule has 2 atom stereocenters. The van der Waals surface area contributed by atoms with Gasteiger partial charge in [0.25, 0.3) is 0 Å². The van der Waals surface area contributed by atoms with Crippen LogP contribution in [0.25, 0.3) is 0 Å². The zero-order chi connectivity index (χ0) is 19.4. The molecule has 0 radical (unpaired) electrons. The highest BCUT2D eigenvalue weighted by molar-refractivity contribution is 5.86. The molecule has 2 unspecified atom stereocenters. The van der Waals surface area contributed by atoms with Crippen molar-refractivity contribution in [2.24, 2.45) is 5.92 Å². The van der Waals surface area contributed by atoms with Gasteiger partial charge >= 0.3 is 5.97 Å². The smallest absolute Gasteiger partial charge is 0.331 e. The summed E-state index contributed by atoms with van der Waals surface area (Å²) >= 11 is 0. The van der Waals surface area contributed by atoms with Gasteiger partial charge in [-0.3, -0.25) is 10.1 Å². The third-order valence-corrected chi connectivity index (χ3v) is 4.65. The molecular formula is C19H31N3O4. The summed E-state index contributed by atoms with van der Waals surface area (Å²) in [6, 6.07) is -0.587. The second kappa shape index (κ2) is 12.2. The molecule has 0 aliphatic heterocycles. The summed E-state index contributed by atoms with van der Waals surface area (Å²) < 4.78 is 1.96. The maximum absolute atomic E-state index is 11.6. The summed E-state index contributed by atoms with van der Waals surface area (Å²) in [7, 11) is 0. The molecule has 0 saturated heterocycles. The van der Waals surface area contributed by atoms with Crippen molar-refractivity contribution in [3.8, 4) is 0 Å². The highest BCUT2D eigenvalue weighted by Crippen LogP contribution is 2.20. The van der Waals surface area contributed by atoms with E-state index in [1.54, 1.807) is 19.4 Å². The van der Waals surface area contributed by atoms with Crippen LogP contribution in [0.15, 0.2) is 30.4 Å². The Kier molecular flexibility index (Phi) is 10.3. The number of imidazole rings is 1. The van der Waals surface area contributed by atoms with Crippen LogP contribution in [0.5, 0.6) is 0 Å². The number of nitrogens with zero attached hydrogens (tertiary/aromatic N) is 3. The molecule has 26 heavy (non-hydrogen) atoms. The van der Waals surface area contributed by atoms with Crippen molar-refractivity contribution in [1.29, 1.82) is 0 Å². The van der Waals surface area contributed by atoms with E-state index >= 15 is 0 Å². The molecule has 1 aromatic heterocycles. The lowest BCUT2D eigenvalue weighted by Crippen LogP contribution is -2.18. The number of aromatic nitrogens is 2. The Hall–Kier alpha value is -2.18. The molecule has 0 aliphatic carbocycles. The normalized spacial score (nSPS) is 14.2. The number of allylic oxidation sites excluding steroid dienone is 1. The van der Waals surface area contributed by atoms with Crippen molar-refractivity contribution in [3.05, 3.63) is 40.5 Å². The van der Waals surface area contributed by atoms with Crippen molar-refractivity contribution >= 4 is 5.97 Å². The average molecular weight is 365 g/mol. The topological polar surface area (TPSA) is 98.3 Å². The minimum absolute atomic E-state index is 0.124. The van der Waals surface area contributed by atoms with Crippen LogP contribution in [0, 0.1) is 16.0 Å². The molecule has 1 aromatic rings. The predicted molar refractivity (Wildman–Crippen MR) is 101 cm³/mol. The molecule has 0 amide bonds. The monoisotopic (exact) mass is 365 g/mol. The molecule has 1 N–H and O–H groups in total. The average Bonchev–Trinajstić information content (AvgIpc) is 3.10. The lowest BCUT2D eigenvalue weighted by atomic mass is 9.95. The van der Waals surface area contributed by atoms with Gasteiger partial charge in [-0.25, -0.2) is 9.78 Å². The first-order valence-corrected chi connectivity index (χ1v) is 9.51. The second-order valence-electron chi connectivity index (χ2n) is 6.75. The van der Waals surface area contributed by atoms with Gasteiger partial charge < -0.3 is 9.67 Å². The zero-order valence-corrected chi connectivity index (χ0v) is 15.8. The van der Waals surface area contributed by atoms with Crippen LogP contribution in [-0.4, -0.2) is 31.6 Å². The fourth-order valence-corrected chi connectivity index (χ4v) is 3.08. The molecule has 146 valence electrons. The first-order chi connectivity index (χ1) is 12.5. The van der Waals surface area contributed by atoms with Crippen molar-refractivity contribution < 1.29 is 14.8 Å². The van der Waals surface area contributed by atoms with E-state index in [1.807, 2.05) is 16.8 Å². The molecule has 7 nitrogen and oxygen atoms in total. The van der Waals surface area contributed by atoms with Gasteiger partial charge in [0.2, 0.25) is 6.04 Å². The second-order valence-corrected chi connectivity index (χ2v) is 6.75. The Bertz CT molecular complexity index is 569. The van der Waals surface area contributed by atoms with E-state index in [2.05, 4.69) is 11.9 Å². The Labute approximate surface area is 155 Å². The third-order valence-electron chi connectivity index (χ3n) is 4.65. The van der Waals surface area contributed by atoms with Crippen LogP contribution in [0.1, 0.15) is 65.2 Å². The van der Waals surface area contributed by atoms with Gasteiger partial charge in [0, 0.05) is 42.3 Å². The van der Waals surface area contributed by atoms with E-state index in [-0.39, 0.29) is 10.8 Å². The molecule has 0 spiro atoms. The Morgan fingerprint density at radius 3 is 2.62 bits per heavy atom. The van der Waals surface area contributed by atoms with E-state index in [0.717, 1.165) is 25.7 Å². The van der Waals surface area contributed by atoms with Gasteiger partial charge in [0.15, 0.2) is 0 Å². The van der Waals surface area contributed by atoms with Crippen molar-refractivity contribution in [2.45, 2.75) is 77.8 Å². The first-order valence-electron chi connectivity index (χ1n) is 9.51. The lowest BCUT2D eigenvalue weighted by Gasteiger charge is -2.15. The molecule has 0 aromatic carbocycles. The summed E-state index contributed by atoms with van der Waals surface area (Å²) in [6.45, 7) is 4.63. The number of aliphatic carboxylic acids is 1. The minimum atomic E-state index is -0.926. The molecule has 1 heterocycles. The Balaban J connectivity index is 2.73. The van der Waals surface area contributed by atoms with E-state index in [1.165, 1.54) is 0 Å². The maximum Gasteiger partial charge on any atom is 0.331 e. The molecule has 0 aliphatic rings. The summed E-state index contributed by atoms with van der Waals surface area (Å²) in [5.74, 6) is -0.801. The molecule has 1 rings (SSSR count). The Morgan fingerprint density at radius 2 is 2.08 bits per heavy atom. The number of hydrogen-bond acceptors (Lipinski definition) is 4. The number of unbranched alkanes of at least 4 members (excludes halogenated alkanes) is 2. The predicted octanol–water partition coefficient (Wildman–Crippen LogP) is 4.32. The van der Waals surface area contributed by atoms with Crippen LogP contribution in [0.4, 0.5) is 0 Å².